The lowest BCUT2D eigenvalue weighted by atomic mass is 10.2. The van der Waals surface area contributed by atoms with Crippen molar-refractivity contribution in [2.24, 2.45) is 0 Å². The molecule has 0 bridgehead atoms. The molecule has 0 fully saturated rings. The monoisotopic (exact) mass is 395 g/mol. The van der Waals surface area contributed by atoms with Gasteiger partial charge in [-0.05, 0) is 36.4 Å². The summed E-state index contributed by atoms with van der Waals surface area (Å²) < 4.78 is 26.8. The minimum Gasteiger partial charge on any atom is -0.355 e. The van der Waals surface area contributed by atoms with Crippen molar-refractivity contribution in [3.8, 4) is 0 Å². The van der Waals surface area contributed by atoms with Crippen LogP contribution in [0.15, 0.2) is 53.4 Å². The van der Waals surface area contributed by atoms with Gasteiger partial charge in [0.05, 0.1) is 15.5 Å². The van der Waals surface area contributed by atoms with Crippen LogP contribution in [0.5, 0.6) is 0 Å². The largest absolute Gasteiger partial charge is 0.355 e. The Labute approximate surface area is 156 Å². The molecule has 0 saturated carbocycles. The van der Waals surface area contributed by atoms with Crippen LogP contribution < -0.4 is 15.4 Å². The van der Waals surface area contributed by atoms with E-state index < -0.39 is 10.0 Å². The number of amides is 2. The topological polar surface area (TPSA) is 104 Å². The Kier molecular flexibility index (Phi) is 6.73. The maximum absolute atomic E-state index is 12.2. The molecule has 0 spiro atoms. The van der Waals surface area contributed by atoms with E-state index in [2.05, 4.69) is 15.4 Å². The fraction of sp³-hybridized carbons (Fsp3) is 0.176. The summed E-state index contributed by atoms with van der Waals surface area (Å²) in [6, 6.07) is 12.1. The second kappa shape index (κ2) is 8.79. The number of sulfonamides is 1. The molecule has 0 radical (unpaired) electrons. The van der Waals surface area contributed by atoms with Crippen molar-refractivity contribution >= 4 is 33.4 Å². The quantitative estimate of drug-likeness (QED) is 0.616. The number of hydrogen-bond acceptors (Lipinski definition) is 4. The van der Waals surface area contributed by atoms with Gasteiger partial charge >= 0.3 is 0 Å². The van der Waals surface area contributed by atoms with Crippen LogP contribution >= 0.6 is 11.6 Å². The molecule has 0 unspecified atom stereocenters. The van der Waals surface area contributed by atoms with Gasteiger partial charge in [0.15, 0.2) is 0 Å². The first-order valence-corrected chi connectivity index (χ1v) is 9.56. The van der Waals surface area contributed by atoms with E-state index in [0.717, 1.165) is 0 Å². The molecule has 0 atom stereocenters. The standard InChI is InChI=1S/C17H18ClN3O4S/c1-19-16(22)12-6-8-13(9-7-12)26(24,25)21-11-10-20-17(23)14-4-2-3-5-15(14)18/h2-9,21H,10-11H2,1H3,(H,19,22)(H,20,23). The Balaban J connectivity index is 1.89. The Morgan fingerprint density at radius 2 is 1.62 bits per heavy atom. The number of carbonyl (C=O) groups is 2. The predicted octanol–water partition coefficient (Wildman–Crippen LogP) is 1.41. The van der Waals surface area contributed by atoms with E-state index in [1.807, 2.05) is 0 Å². The summed E-state index contributed by atoms with van der Waals surface area (Å²) in [5.74, 6) is -0.686. The van der Waals surface area contributed by atoms with Gasteiger partial charge in [0.2, 0.25) is 10.0 Å². The van der Waals surface area contributed by atoms with Crippen LogP contribution in [-0.4, -0.2) is 40.4 Å². The van der Waals surface area contributed by atoms with Crippen LogP contribution in [0.1, 0.15) is 20.7 Å². The number of rotatable bonds is 7. The molecule has 0 aliphatic rings. The van der Waals surface area contributed by atoms with E-state index in [0.29, 0.717) is 16.1 Å². The summed E-state index contributed by atoms with van der Waals surface area (Å²) in [7, 11) is -2.25. The summed E-state index contributed by atoms with van der Waals surface area (Å²) in [6.07, 6.45) is 0. The van der Waals surface area contributed by atoms with Crippen LogP contribution in [0.4, 0.5) is 0 Å². The zero-order valence-corrected chi connectivity index (χ0v) is 15.5. The predicted molar refractivity (Wildman–Crippen MR) is 98.8 cm³/mol. The minimum absolute atomic E-state index is 0.00965. The highest BCUT2D eigenvalue weighted by Gasteiger charge is 2.15. The third kappa shape index (κ3) is 5.04. The van der Waals surface area contributed by atoms with E-state index in [9.17, 15) is 18.0 Å². The second-order valence-electron chi connectivity index (χ2n) is 5.24. The summed E-state index contributed by atoms with van der Waals surface area (Å²) >= 11 is 5.93. The van der Waals surface area contributed by atoms with Crippen LogP contribution in [0, 0.1) is 0 Å². The minimum atomic E-state index is -3.74. The van der Waals surface area contributed by atoms with Crippen LogP contribution in [0.2, 0.25) is 5.02 Å². The third-order valence-corrected chi connectivity index (χ3v) is 5.28. The number of nitrogens with one attached hydrogen (secondary N) is 3. The first-order valence-electron chi connectivity index (χ1n) is 7.69. The maximum Gasteiger partial charge on any atom is 0.252 e. The smallest absolute Gasteiger partial charge is 0.252 e. The molecular formula is C17H18ClN3O4S. The zero-order chi connectivity index (χ0) is 19.2. The molecule has 2 rings (SSSR count). The molecule has 0 aromatic heterocycles. The van der Waals surface area contributed by atoms with Gasteiger partial charge in [0.25, 0.3) is 11.8 Å². The van der Waals surface area contributed by atoms with E-state index in [-0.39, 0.29) is 29.8 Å². The number of carbonyl (C=O) groups excluding carboxylic acids is 2. The van der Waals surface area contributed by atoms with Crippen LogP contribution in [0.3, 0.4) is 0 Å². The van der Waals surface area contributed by atoms with Crippen molar-refractivity contribution in [3.05, 3.63) is 64.7 Å². The van der Waals surface area contributed by atoms with Gasteiger partial charge in [0.1, 0.15) is 0 Å². The molecule has 0 aliphatic carbocycles. The zero-order valence-electron chi connectivity index (χ0n) is 14.0. The molecule has 26 heavy (non-hydrogen) atoms. The molecule has 3 N–H and O–H groups in total. The molecule has 9 heteroatoms. The van der Waals surface area contributed by atoms with E-state index in [1.165, 1.54) is 31.3 Å². The van der Waals surface area contributed by atoms with Crippen molar-refractivity contribution < 1.29 is 18.0 Å². The van der Waals surface area contributed by atoms with E-state index in [4.69, 9.17) is 11.6 Å². The van der Waals surface area contributed by atoms with Crippen molar-refractivity contribution in [3.63, 3.8) is 0 Å². The summed E-state index contributed by atoms with van der Waals surface area (Å²) in [6.45, 7) is 0.106. The molecule has 138 valence electrons. The lowest BCUT2D eigenvalue weighted by molar-refractivity contribution is 0.0949. The SMILES string of the molecule is CNC(=O)c1ccc(S(=O)(=O)NCCNC(=O)c2ccccc2Cl)cc1. The number of hydrogen-bond donors (Lipinski definition) is 3. The van der Waals surface area contributed by atoms with Crippen LogP contribution in [-0.2, 0) is 10.0 Å². The highest BCUT2D eigenvalue weighted by molar-refractivity contribution is 7.89. The van der Waals surface area contributed by atoms with Gasteiger partial charge in [-0.25, -0.2) is 13.1 Å². The molecule has 2 aromatic rings. The van der Waals surface area contributed by atoms with Crippen LogP contribution in [0.25, 0.3) is 0 Å². The lowest BCUT2D eigenvalue weighted by Gasteiger charge is -2.09. The van der Waals surface area contributed by atoms with E-state index >= 15 is 0 Å². The fourth-order valence-corrected chi connectivity index (χ4v) is 3.37. The Morgan fingerprint density at radius 1 is 0.962 bits per heavy atom. The van der Waals surface area contributed by atoms with Gasteiger partial charge in [-0.1, -0.05) is 23.7 Å². The Morgan fingerprint density at radius 3 is 2.23 bits per heavy atom. The highest BCUT2D eigenvalue weighted by atomic mass is 35.5. The van der Waals surface area contributed by atoms with Crippen molar-refractivity contribution in [2.75, 3.05) is 20.1 Å². The first kappa shape index (κ1) is 19.9. The molecule has 0 saturated heterocycles. The Bertz CT molecular complexity index is 898. The maximum atomic E-state index is 12.2. The van der Waals surface area contributed by atoms with Gasteiger partial charge in [-0.15, -0.1) is 0 Å². The average molecular weight is 396 g/mol. The molecule has 7 nitrogen and oxygen atoms in total. The molecule has 2 aromatic carbocycles. The van der Waals surface area contributed by atoms with Gasteiger partial charge in [0, 0.05) is 25.7 Å². The van der Waals surface area contributed by atoms with Crippen molar-refractivity contribution in [2.45, 2.75) is 4.90 Å². The summed E-state index contributed by atoms with van der Waals surface area (Å²) in [5.41, 5.74) is 0.681. The molecular weight excluding hydrogens is 378 g/mol. The summed E-state index contributed by atoms with van der Waals surface area (Å²) in [4.78, 5) is 23.5. The lowest BCUT2D eigenvalue weighted by Crippen LogP contribution is -2.34. The fourth-order valence-electron chi connectivity index (χ4n) is 2.12. The second-order valence-corrected chi connectivity index (χ2v) is 7.41. The average Bonchev–Trinajstić information content (AvgIpc) is 2.65. The molecule has 0 heterocycles. The van der Waals surface area contributed by atoms with Gasteiger partial charge in [-0.3, -0.25) is 9.59 Å². The van der Waals surface area contributed by atoms with Gasteiger partial charge in [-0.2, -0.15) is 0 Å². The molecule has 0 aliphatic heterocycles. The number of halogens is 1. The first-order chi connectivity index (χ1) is 12.3. The highest BCUT2D eigenvalue weighted by Crippen LogP contribution is 2.14. The number of benzene rings is 2. The third-order valence-electron chi connectivity index (χ3n) is 3.47. The normalized spacial score (nSPS) is 11.0. The van der Waals surface area contributed by atoms with Crippen molar-refractivity contribution in [1.29, 1.82) is 0 Å². The molecule has 2 amide bonds. The van der Waals surface area contributed by atoms with Gasteiger partial charge < -0.3 is 10.6 Å². The van der Waals surface area contributed by atoms with Crippen molar-refractivity contribution in [1.82, 2.24) is 15.4 Å². The Hall–Kier alpha value is -2.42. The summed E-state index contributed by atoms with van der Waals surface area (Å²) in [5, 5.41) is 5.37. The van der Waals surface area contributed by atoms with E-state index in [1.54, 1.807) is 24.3 Å².